The first-order valence-corrected chi connectivity index (χ1v) is 7.36. The Labute approximate surface area is 128 Å². The molecule has 0 aliphatic carbocycles. The van der Waals surface area contributed by atoms with Crippen LogP contribution in [0.25, 0.3) is 5.69 Å². The molecule has 1 aromatic carbocycles. The quantitative estimate of drug-likeness (QED) is 0.936. The van der Waals surface area contributed by atoms with Crippen LogP contribution in [0.5, 0.6) is 0 Å². The van der Waals surface area contributed by atoms with Crippen molar-refractivity contribution >= 4 is 11.6 Å². The number of hydrogen-bond donors (Lipinski definition) is 1. The number of amides is 1. The number of carbonyl (C=O) groups is 1. The minimum atomic E-state index is -0.454. The number of nitrogens with zero attached hydrogens (tertiary/aromatic N) is 2. The SMILES string of the molecule is Cc1c(NC(=O)[C@H]2CCCO2)c(=O)n(-c2ccccc2)n1C. The predicted octanol–water partition coefficient (Wildman–Crippen LogP) is 1.60. The van der Waals surface area contributed by atoms with Crippen LogP contribution in [0.15, 0.2) is 35.1 Å². The highest BCUT2D eigenvalue weighted by molar-refractivity contribution is 5.94. The van der Waals surface area contributed by atoms with Crippen molar-refractivity contribution in [3.63, 3.8) is 0 Å². The molecule has 116 valence electrons. The van der Waals surface area contributed by atoms with Crippen LogP contribution < -0.4 is 10.9 Å². The van der Waals surface area contributed by atoms with E-state index in [1.165, 1.54) is 0 Å². The monoisotopic (exact) mass is 301 g/mol. The Morgan fingerprint density at radius 1 is 1.32 bits per heavy atom. The molecular weight excluding hydrogens is 282 g/mol. The zero-order valence-corrected chi connectivity index (χ0v) is 12.7. The van der Waals surface area contributed by atoms with Gasteiger partial charge in [0.15, 0.2) is 0 Å². The van der Waals surface area contributed by atoms with Gasteiger partial charge >= 0.3 is 0 Å². The number of rotatable bonds is 3. The van der Waals surface area contributed by atoms with E-state index in [9.17, 15) is 9.59 Å². The zero-order chi connectivity index (χ0) is 15.7. The normalized spacial score (nSPS) is 17.6. The van der Waals surface area contributed by atoms with Gasteiger partial charge in [0.1, 0.15) is 11.8 Å². The molecule has 1 N–H and O–H groups in total. The summed E-state index contributed by atoms with van der Waals surface area (Å²) in [6.45, 7) is 2.41. The molecular formula is C16H19N3O3. The van der Waals surface area contributed by atoms with Gasteiger partial charge in [-0.15, -0.1) is 0 Å². The summed E-state index contributed by atoms with van der Waals surface area (Å²) < 4.78 is 8.64. The van der Waals surface area contributed by atoms with Crippen molar-refractivity contribution in [3.8, 4) is 5.69 Å². The van der Waals surface area contributed by atoms with Gasteiger partial charge in [-0.05, 0) is 31.9 Å². The van der Waals surface area contributed by atoms with E-state index in [1.54, 1.807) is 16.4 Å². The minimum Gasteiger partial charge on any atom is -0.368 e. The fourth-order valence-electron chi connectivity index (χ4n) is 2.70. The number of hydrogen-bond acceptors (Lipinski definition) is 3. The van der Waals surface area contributed by atoms with E-state index in [4.69, 9.17) is 4.74 Å². The molecule has 1 amide bonds. The maximum absolute atomic E-state index is 12.6. The van der Waals surface area contributed by atoms with Gasteiger partial charge in [0, 0.05) is 13.7 Å². The highest BCUT2D eigenvalue weighted by atomic mass is 16.5. The van der Waals surface area contributed by atoms with Crippen LogP contribution >= 0.6 is 0 Å². The Hall–Kier alpha value is -2.34. The Morgan fingerprint density at radius 2 is 2.05 bits per heavy atom. The molecule has 0 unspecified atom stereocenters. The van der Waals surface area contributed by atoms with Gasteiger partial charge in [0.2, 0.25) is 0 Å². The van der Waals surface area contributed by atoms with E-state index < -0.39 is 6.10 Å². The summed E-state index contributed by atoms with van der Waals surface area (Å²) >= 11 is 0. The van der Waals surface area contributed by atoms with Crippen molar-refractivity contribution in [2.75, 3.05) is 11.9 Å². The average molecular weight is 301 g/mol. The second kappa shape index (κ2) is 5.81. The topological polar surface area (TPSA) is 65.3 Å². The molecule has 1 aliphatic rings. The van der Waals surface area contributed by atoms with Crippen LogP contribution in [0.3, 0.4) is 0 Å². The number of nitrogens with one attached hydrogen (secondary N) is 1. The van der Waals surface area contributed by atoms with E-state index in [0.29, 0.717) is 24.4 Å². The molecule has 2 aromatic rings. The largest absolute Gasteiger partial charge is 0.368 e. The predicted molar refractivity (Wildman–Crippen MR) is 83.4 cm³/mol. The summed E-state index contributed by atoms with van der Waals surface area (Å²) in [5, 5.41) is 2.73. The number of carbonyl (C=O) groups excluding carboxylic acids is 1. The van der Waals surface area contributed by atoms with E-state index in [1.807, 2.05) is 37.3 Å². The summed E-state index contributed by atoms with van der Waals surface area (Å²) in [6.07, 6.45) is 1.12. The molecule has 1 saturated heterocycles. The molecule has 1 aromatic heterocycles. The molecule has 22 heavy (non-hydrogen) atoms. The first-order valence-electron chi connectivity index (χ1n) is 7.36. The third-order valence-corrected chi connectivity index (χ3v) is 4.02. The number of anilines is 1. The van der Waals surface area contributed by atoms with E-state index in [-0.39, 0.29) is 11.5 Å². The lowest BCUT2D eigenvalue weighted by atomic mass is 10.2. The molecule has 1 atom stereocenters. The first-order chi connectivity index (χ1) is 10.6. The number of aromatic nitrogens is 2. The summed E-state index contributed by atoms with van der Waals surface area (Å²) in [7, 11) is 1.80. The second-order valence-corrected chi connectivity index (χ2v) is 5.43. The molecule has 3 rings (SSSR count). The van der Waals surface area contributed by atoms with Crippen molar-refractivity contribution < 1.29 is 9.53 Å². The minimum absolute atomic E-state index is 0.238. The third kappa shape index (κ3) is 2.46. The molecule has 0 bridgehead atoms. The van der Waals surface area contributed by atoms with Crippen LogP contribution in [0.1, 0.15) is 18.5 Å². The highest BCUT2D eigenvalue weighted by Gasteiger charge is 2.26. The molecule has 0 radical (unpaired) electrons. The summed E-state index contributed by atoms with van der Waals surface area (Å²) in [5.74, 6) is -0.247. The Bertz CT molecular complexity index is 740. The van der Waals surface area contributed by atoms with Gasteiger partial charge in [0.05, 0.1) is 11.4 Å². The van der Waals surface area contributed by atoms with Crippen molar-refractivity contribution in [1.82, 2.24) is 9.36 Å². The van der Waals surface area contributed by atoms with Crippen LogP contribution in [0.2, 0.25) is 0 Å². The Balaban J connectivity index is 1.96. The first kappa shape index (κ1) is 14.6. The fourth-order valence-corrected chi connectivity index (χ4v) is 2.70. The van der Waals surface area contributed by atoms with Crippen molar-refractivity contribution in [2.24, 2.45) is 7.05 Å². The van der Waals surface area contributed by atoms with E-state index in [2.05, 4.69) is 5.32 Å². The molecule has 6 nitrogen and oxygen atoms in total. The summed E-state index contributed by atoms with van der Waals surface area (Å²) in [4.78, 5) is 24.8. The summed E-state index contributed by atoms with van der Waals surface area (Å²) in [6, 6.07) is 9.34. The average Bonchev–Trinajstić information content (AvgIpc) is 3.13. The van der Waals surface area contributed by atoms with Crippen molar-refractivity contribution in [1.29, 1.82) is 0 Å². The number of ether oxygens (including phenoxy) is 1. The number of para-hydroxylation sites is 1. The third-order valence-electron chi connectivity index (χ3n) is 4.02. The molecule has 6 heteroatoms. The van der Waals surface area contributed by atoms with Crippen LogP contribution in [-0.4, -0.2) is 28.0 Å². The van der Waals surface area contributed by atoms with Crippen molar-refractivity contribution in [2.45, 2.75) is 25.9 Å². The standard InChI is InChI=1S/C16H19N3O3/c1-11-14(17-15(20)13-9-6-10-22-13)16(21)19(18(11)2)12-7-4-3-5-8-12/h3-5,7-8,13H,6,9-10H2,1-2H3,(H,17,20)/t13-/m1/s1. The maximum atomic E-state index is 12.6. The Kier molecular flexibility index (Phi) is 3.85. The van der Waals surface area contributed by atoms with Crippen LogP contribution in [0, 0.1) is 6.92 Å². The lowest BCUT2D eigenvalue weighted by molar-refractivity contribution is -0.124. The van der Waals surface area contributed by atoms with Gasteiger partial charge in [-0.25, -0.2) is 4.68 Å². The van der Waals surface area contributed by atoms with E-state index in [0.717, 1.165) is 12.1 Å². The van der Waals surface area contributed by atoms with Gasteiger partial charge in [-0.1, -0.05) is 18.2 Å². The van der Waals surface area contributed by atoms with E-state index >= 15 is 0 Å². The molecule has 0 spiro atoms. The van der Waals surface area contributed by atoms with Crippen molar-refractivity contribution in [3.05, 3.63) is 46.4 Å². The smallest absolute Gasteiger partial charge is 0.295 e. The zero-order valence-electron chi connectivity index (χ0n) is 12.7. The lowest BCUT2D eigenvalue weighted by Gasteiger charge is -2.09. The Morgan fingerprint density at radius 3 is 2.68 bits per heavy atom. The fraction of sp³-hybridized carbons (Fsp3) is 0.375. The maximum Gasteiger partial charge on any atom is 0.295 e. The molecule has 1 fully saturated rings. The second-order valence-electron chi connectivity index (χ2n) is 5.43. The van der Waals surface area contributed by atoms with Crippen LogP contribution in [0.4, 0.5) is 5.69 Å². The molecule has 0 saturated carbocycles. The lowest BCUT2D eigenvalue weighted by Crippen LogP contribution is -2.30. The van der Waals surface area contributed by atoms with Crippen LogP contribution in [-0.2, 0) is 16.6 Å². The highest BCUT2D eigenvalue weighted by Crippen LogP contribution is 2.17. The molecule has 2 heterocycles. The van der Waals surface area contributed by atoms with Gasteiger partial charge < -0.3 is 10.1 Å². The van der Waals surface area contributed by atoms with Gasteiger partial charge in [0.25, 0.3) is 11.5 Å². The van der Waals surface area contributed by atoms with Gasteiger partial charge in [-0.3, -0.25) is 14.3 Å². The molecule has 1 aliphatic heterocycles. The van der Waals surface area contributed by atoms with Gasteiger partial charge in [-0.2, -0.15) is 0 Å². The number of benzene rings is 1. The summed E-state index contributed by atoms with van der Waals surface area (Å²) in [5.41, 5.74) is 1.54.